The molecule has 0 saturated heterocycles. The number of hydrogen-bond acceptors (Lipinski definition) is 2. The lowest BCUT2D eigenvalue weighted by atomic mass is 9.90. The third-order valence-electron chi connectivity index (χ3n) is 4.68. The molecule has 2 heteroatoms. The first kappa shape index (κ1) is 21.2. The van der Waals surface area contributed by atoms with Gasteiger partial charge in [-0.25, -0.2) is 0 Å². The van der Waals surface area contributed by atoms with Crippen molar-refractivity contribution >= 4 is 0 Å². The molecule has 0 aromatic heterocycles. The van der Waals surface area contributed by atoms with Gasteiger partial charge in [0.2, 0.25) is 0 Å². The van der Waals surface area contributed by atoms with Crippen molar-refractivity contribution in [2.24, 2.45) is 0 Å². The lowest BCUT2D eigenvalue weighted by molar-refractivity contribution is 0.293. The van der Waals surface area contributed by atoms with Gasteiger partial charge in [0, 0.05) is 13.2 Å². The fourth-order valence-corrected chi connectivity index (χ4v) is 3.30. The molecule has 0 heterocycles. The Hall–Kier alpha value is -0.860. The zero-order valence-corrected chi connectivity index (χ0v) is 15.4. The summed E-state index contributed by atoms with van der Waals surface area (Å²) in [7, 11) is 0. The maximum Gasteiger partial charge on any atom is 0.0471 e. The van der Waals surface area contributed by atoms with Crippen LogP contribution in [0, 0.1) is 13.8 Å². The Bertz CT molecular complexity index is 399. The molecule has 0 unspecified atom stereocenters. The van der Waals surface area contributed by atoms with Gasteiger partial charge in [-0.3, -0.25) is 0 Å². The fraction of sp³-hybridized carbons (Fsp3) is 0.636. The molecule has 1 aromatic rings. The van der Waals surface area contributed by atoms with E-state index in [0.29, 0.717) is 12.8 Å². The van der Waals surface area contributed by atoms with Crippen molar-refractivity contribution in [3.8, 4) is 0 Å². The highest BCUT2D eigenvalue weighted by atomic mass is 16.3. The number of aliphatic hydroxyl groups excluding tert-OH is 2. The zero-order chi connectivity index (χ0) is 17.6. The molecule has 2 radical (unpaired) electrons. The molecule has 2 N–H and O–H groups in total. The van der Waals surface area contributed by atoms with Gasteiger partial charge < -0.3 is 10.2 Å². The predicted octanol–water partition coefficient (Wildman–Crippen LogP) is 4.63. The van der Waals surface area contributed by atoms with Gasteiger partial charge in [-0.2, -0.15) is 0 Å². The smallest absolute Gasteiger partial charge is 0.0471 e. The van der Waals surface area contributed by atoms with Gasteiger partial charge in [0.05, 0.1) is 0 Å². The van der Waals surface area contributed by atoms with Crippen molar-refractivity contribution in [2.75, 3.05) is 13.2 Å². The molecule has 0 saturated carbocycles. The summed E-state index contributed by atoms with van der Waals surface area (Å²) in [6.07, 6.45) is 12.9. The minimum atomic E-state index is 0.169. The number of unbranched alkanes of at least 4 members (excludes halogenated alkanes) is 6. The maximum absolute atomic E-state index is 9.34. The molecule has 1 aromatic carbocycles. The lowest BCUT2D eigenvalue weighted by Gasteiger charge is -2.16. The lowest BCUT2D eigenvalue weighted by Crippen LogP contribution is -2.06. The summed E-state index contributed by atoms with van der Waals surface area (Å²) in [6, 6.07) is 4.59. The molecular formula is C22H36O2. The summed E-state index contributed by atoms with van der Waals surface area (Å²) in [6.45, 7) is 8.18. The molecule has 0 spiro atoms. The van der Waals surface area contributed by atoms with E-state index in [1.807, 2.05) is 0 Å². The van der Waals surface area contributed by atoms with E-state index in [9.17, 15) is 10.2 Å². The molecule has 0 bridgehead atoms. The number of rotatable bonds is 14. The van der Waals surface area contributed by atoms with Crippen LogP contribution >= 0.6 is 0 Å². The second kappa shape index (κ2) is 13.4. The molecule has 2 nitrogen and oxygen atoms in total. The number of aryl methyl sites for hydroxylation is 2. The number of aliphatic hydroxyl groups is 2. The number of hydrogen-bond donors (Lipinski definition) is 2. The Morgan fingerprint density at radius 3 is 1.25 bits per heavy atom. The van der Waals surface area contributed by atoms with E-state index in [4.69, 9.17) is 0 Å². The average molecular weight is 333 g/mol. The SMILES string of the molecule is [CH2]CCCCCc1cc(CCO)c(CCO)cc1CCCCC[CH2]. The standard InChI is InChI=1S/C22H36O2/c1-3-5-7-9-11-19-17-21(13-15-23)22(14-16-24)18-20(19)12-10-8-6-4-2/h17-18,23-24H,1-16H2. The minimum absolute atomic E-state index is 0.169. The first-order chi connectivity index (χ1) is 11.8. The Labute approximate surface area is 149 Å². The van der Waals surface area contributed by atoms with E-state index in [1.165, 1.54) is 60.8 Å². The first-order valence-corrected chi connectivity index (χ1v) is 9.70. The molecule has 0 fully saturated rings. The van der Waals surface area contributed by atoms with Crippen LogP contribution < -0.4 is 0 Å². The van der Waals surface area contributed by atoms with Crippen molar-refractivity contribution in [1.82, 2.24) is 0 Å². The molecule has 136 valence electrons. The van der Waals surface area contributed by atoms with E-state index < -0.39 is 0 Å². The topological polar surface area (TPSA) is 40.5 Å². The summed E-state index contributed by atoms with van der Waals surface area (Å²) >= 11 is 0. The maximum atomic E-state index is 9.34. The van der Waals surface area contributed by atoms with Crippen LogP contribution in [0.4, 0.5) is 0 Å². The monoisotopic (exact) mass is 332 g/mol. The van der Waals surface area contributed by atoms with Crippen LogP contribution in [-0.2, 0) is 25.7 Å². The molecule has 24 heavy (non-hydrogen) atoms. The minimum Gasteiger partial charge on any atom is -0.396 e. The Kier molecular flexibility index (Phi) is 11.9. The van der Waals surface area contributed by atoms with Crippen LogP contribution in [0.5, 0.6) is 0 Å². The normalized spacial score (nSPS) is 11.2. The Morgan fingerprint density at radius 2 is 0.917 bits per heavy atom. The van der Waals surface area contributed by atoms with Crippen LogP contribution in [0.15, 0.2) is 12.1 Å². The third kappa shape index (κ3) is 7.81. The fourth-order valence-electron chi connectivity index (χ4n) is 3.30. The predicted molar refractivity (Wildman–Crippen MR) is 103 cm³/mol. The largest absolute Gasteiger partial charge is 0.396 e. The van der Waals surface area contributed by atoms with Crippen LogP contribution in [0.1, 0.15) is 73.6 Å². The highest BCUT2D eigenvalue weighted by Crippen LogP contribution is 2.23. The van der Waals surface area contributed by atoms with E-state index in [1.54, 1.807) is 0 Å². The van der Waals surface area contributed by atoms with Crippen LogP contribution in [0.25, 0.3) is 0 Å². The Balaban J connectivity index is 2.88. The van der Waals surface area contributed by atoms with Crippen LogP contribution in [0.3, 0.4) is 0 Å². The highest BCUT2D eigenvalue weighted by molar-refractivity contribution is 5.39. The van der Waals surface area contributed by atoms with Crippen molar-refractivity contribution in [2.45, 2.75) is 77.0 Å². The van der Waals surface area contributed by atoms with E-state index in [0.717, 1.165) is 25.7 Å². The van der Waals surface area contributed by atoms with Crippen LogP contribution in [-0.4, -0.2) is 23.4 Å². The Morgan fingerprint density at radius 1 is 0.542 bits per heavy atom. The van der Waals surface area contributed by atoms with Crippen molar-refractivity contribution in [1.29, 1.82) is 0 Å². The third-order valence-corrected chi connectivity index (χ3v) is 4.68. The summed E-state index contributed by atoms with van der Waals surface area (Å²) < 4.78 is 0. The summed E-state index contributed by atoms with van der Waals surface area (Å²) in [4.78, 5) is 0. The molecule has 0 atom stereocenters. The summed E-state index contributed by atoms with van der Waals surface area (Å²) in [5.41, 5.74) is 5.30. The first-order valence-electron chi connectivity index (χ1n) is 9.70. The van der Waals surface area contributed by atoms with E-state index in [2.05, 4.69) is 26.0 Å². The van der Waals surface area contributed by atoms with Crippen molar-refractivity contribution in [3.63, 3.8) is 0 Å². The second-order valence-corrected chi connectivity index (χ2v) is 6.67. The van der Waals surface area contributed by atoms with Crippen molar-refractivity contribution in [3.05, 3.63) is 48.2 Å². The van der Waals surface area contributed by atoms with E-state index >= 15 is 0 Å². The van der Waals surface area contributed by atoms with Gasteiger partial charge >= 0.3 is 0 Å². The summed E-state index contributed by atoms with van der Waals surface area (Å²) in [5.74, 6) is 0. The van der Waals surface area contributed by atoms with Gasteiger partial charge in [0.1, 0.15) is 0 Å². The molecule has 0 aliphatic rings. The molecule has 0 aliphatic heterocycles. The summed E-state index contributed by atoms with van der Waals surface area (Å²) in [5, 5.41) is 18.7. The zero-order valence-electron chi connectivity index (χ0n) is 15.4. The van der Waals surface area contributed by atoms with E-state index in [-0.39, 0.29) is 13.2 Å². The molecular weight excluding hydrogens is 296 g/mol. The second-order valence-electron chi connectivity index (χ2n) is 6.67. The number of benzene rings is 1. The average Bonchev–Trinajstić information content (AvgIpc) is 2.58. The van der Waals surface area contributed by atoms with Gasteiger partial charge in [0.15, 0.2) is 0 Å². The highest BCUT2D eigenvalue weighted by Gasteiger charge is 2.10. The molecule has 0 amide bonds. The van der Waals surface area contributed by atoms with Crippen LogP contribution in [0.2, 0.25) is 0 Å². The molecule has 0 aliphatic carbocycles. The van der Waals surface area contributed by atoms with Gasteiger partial charge in [-0.1, -0.05) is 64.5 Å². The van der Waals surface area contributed by atoms with Crippen molar-refractivity contribution < 1.29 is 10.2 Å². The molecule has 1 rings (SSSR count). The van der Waals surface area contributed by atoms with Gasteiger partial charge in [-0.05, 0) is 60.8 Å². The van der Waals surface area contributed by atoms with Gasteiger partial charge in [-0.15, -0.1) is 0 Å². The quantitative estimate of drug-likeness (QED) is 0.488. The van der Waals surface area contributed by atoms with Gasteiger partial charge in [0.25, 0.3) is 0 Å².